The van der Waals surface area contributed by atoms with Crippen LogP contribution in [0, 0.1) is 0 Å². The molecule has 0 aromatic carbocycles. The second-order valence-corrected chi connectivity index (χ2v) is 7.62. The summed E-state index contributed by atoms with van der Waals surface area (Å²) >= 11 is 1.62. The summed E-state index contributed by atoms with van der Waals surface area (Å²) in [5.41, 5.74) is 1.82. The number of aliphatic hydroxyl groups excluding tert-OH is 1. The zero-order valence-corrected chi connectivity index (χ0v) is 16.0. The van der Waals surface area contributed by atoms with E-state index >= 15 is 0 Å². The second-order valence-electron chi connectivity index (χ2n) is 6.63. The molecule has 1 aromatic heterocycles. The Morgan fingerprint density at radius 3 is 2.84 bits per heavy atom. The zero-order valence-electron chi connectivity index (χ0n) is 15.2. The van der Waals surface area contributed by atoms with E-state index in [0.717, 1.165) is 17.1 Å². The molecule has 25 heavy (non-hydrogen) atoms. The van der Waals surface area contributed by atoms with Crippen molar-refractivity contribution in [3.05, 3.63) is 17.5 Å². The molecule has 1 aromatic rings. The average Bonchev–Trinajstić information content (AvgIpc) is 2.98. The number of aromatic nitrogens is 2. The molecule has 1 atom stereocenters. The van der Waals surface area contributed by atoms with Gasteiger partial charge in [-0.25, -0.2) is 0 Å². The van der Waals surface area contributed by atoms with E-state index in [2.05, 4.69) is 10.4 Å². The first-order valence-electron chi connectivity index (χ1n) is 8.71. The molecule has 2 heterocycles. The number of thioether (sulfide) groups is 1. The molecule has 1 aliphatic rings. The minimum atomic E-state index is -0.930. The van der Waals surface area contributed by atoms with Gasteiger partial charge in [0.05, 0.1) is 24.5 Å². The van der Waals surface area contributed by atoms with Crippen molar-refractivity contribution in [2.75, 3.05) is 18.6 Å². The lowest BCUT2D eigenvalue weighted by atomic mass is 10.2. The fourth-order valence-electron chi connectivity index (χ4n) is 2.84. The molecule has 0 saturated heterocycles. The maximum atomic E-state index is 12.3. The molecular weight excluding hydrogens is 340 g/mol. The topological polar surface area (TPSA) is 87.5 Å². The molecule has 8 heteroatoms. The first-order valence-corrected chi connectivity index (χ1v) is 10.1. The van der Waals surface area contributed by atoms with Gasteiger partial charge in [0.2, 0.25) is 5.91 Å². The Labute approximate surface area is 153 Å². The van der Waals surface area contributed by atoms with E-state index < -0.39 is 6.10 Å². The van der Waals surface area contributed by atoms with Gasteiger partial charge in [-0.15, -0.1) is 0 Å². The Morgan fingerprint density at radius 1 is 1.40 bits per heavy atom. The predicted molar refractivity (Wildman–Crippen MR) is 98.2 cm³/mol. The van der Waals surface area contributed by atoms with E-state index in [1.807, 2.05) is 30.9 Å². The van der Waals surface area contributed by atoms with Gasteiger partial charge in [0.25, 0.3) is 5.91 Å². The third-order valence-corrected chi connectivity index (χ3v) is 4.74. The average molecular weight is 369 g/mol. The lowest BCUT2D eigenvalue weighted by molar-refractivity contribution is -0.141. The van der Waals surface area contributed by atoms with E-state index in [1.54, 1.807) is 16.7 Å². The Kier molecular flexibility index (Phi) is 7.31. The van der Waals surface area contributed by atoms with Crippen LogP contribution in [0.3, 0.4) is 0 Å². The van der Waals surface area contributed by atoms with Crippen LogP contribution in [0.25, 0.3) is 0 Å². The molecule has 2 amide bonds. The van der Waals surface area contributed by atoms with Crippen LogP contribution in [-0.4, -0.2) is 62.3 Å². The van der Waals surface area contributed by atoms with E-state index in [4.69, 9.17) is 0 Å². The van der Waals surface area contributed by atoms with Crippen LogP contribution in [0.15, 0.2) is 6.07 Å². The van der Waals surface area contributed by atoms with Crippen LogP contribution in [-0.2, 0) is 29.1 Å². The molecule has 0 bridgehead atoms. The van der Waals surface area contributed by atoms with Crippen LogP contribution in [0.1, 0.15) is 38.1 Å². The van der Waals surface area contributed by atoms with E-state index in [0.29, 0.717) is 38.9 Å². The number of rotatable bonds is 8. The highest BCUT2D eigenvalue weighted by Crippen LogP contribution is 2.16. The van der Waals surface area contributed by atoms with Crippen LogP contribution in [0.4, 0.5) is 0 Å². The SMILES string of the molecule is CSCCC(O)C(=O)N1CCn2nc(CCC(=O)NC(C)C)cc2C1. The Morgan fingerprint density at radius 2 is 2.16 bits per heavy atom. The number of aryl methyl sites for hydroxylation is 1. The van der Waals surface area contributed by atoms with Gasteiger partial charge in [0.15, 0.2) is 0 Å². The Balaban J connectivity index is 1.90. The van der Waals surface area contributed by atoms with Gasteiger partial charge >= 0.3 is 0 Å². The molecule has 2 rings (SSSR count). The minimum Gasteiger partial charge on any atom is -0.383 e. The van der Waals surface area contributed by atoms with Crippen LogP contribution in [0.2, 0.25) is 0 Å². The van der Waals surface area contributed by atoms with Crippen molar-refractivity contribution in [2.45, 2.75) is 58.3 Å². The fourth-order valence-corrected chi connectivity index (χ4v) is 3.29. The standard InChI is InChI=1S/C17H28N4O3S/c1-12(2)18-16(23)5-4-13-10-14-11-20(7-8-21(14)19-13)17(24)15(22)6-9-25-3/h10,12,15,22H,4-9,11H2,1-3H3,(H,18,23). The van der Waals surface area contributed by atoms with E-state index in [-0.39, 0.29) is 17.9 Å². The van der Waals surface area contributed by atoms with Gasteiger partial charge in [0, 0.05) is 25.4 Å². The maximum absolute atomic E-state index is 12.3. The molecule has 7 nitrogen and oxygen atoms in total. The van der Waals surface area contributed by atoms with E-state index in [1.165, 1.54) is 0 Å². The second kappa shape index (κ2) is 9.24. The number of carbonyl (C=O) groups is 2. The molecule has 0 aliphatic carbocycles. The highest BCUT2D eigenvalue weighted by atomic mass is 32.2. The molecule has 1 unspecified atom stereocenters. The van der Waals surface area contributed by atoms with Crippen LogP contribution >= 0.6 is 11.8 Å². The molecule has 140 valence electrons. The Hall–Kier alpha value is -1.54. The van der Waals surface area contributed by atoms with Crippen molar-refractivity contribution in [3.8, 4) is 0 Å². The molecule has 1 aliphatic heterocycles. The van der Waals surface area contributed by atoms with Gasteiger partial charge < -0.3 is 15.3 Å². The van der Waals surface area contributed by atoms with E-state index in [9.17, 15) is 14.7 Å². The van der Waals surface area contributed by atoms with Gasteiger partial charge in [-0.1, -0.05) is 0 Å². The quantitative estimate of drug-likeness (QED) is 0.709. The molecular formula is C17H28N4O3S. The van der Waals surface area contributed by atoms with Gasteiger partial charge in [-0.05, 0) is 38.3 Å². The molecule has 2 N–H and O–H groups in total. The highest BCUT2D eigenvalue weighted by molar-refractivity contribution is 7.98. The van der Waals surface area contributed by atoms with Crippen LogP contribution in [0.5, 0.6) is 0 Å². The summed E-state index contributed by atoms with van der Waals surface area (Å²) in [4.78, 5) is 25.8. The predicted octanol–water partition coefficient (Wildman–Crippen LogP) is 0.796. The first-order chi connectivity index (χ1) is 11.9. The summed E-state index contributed by atoms with van der Waals surface area (Å²) in [5.74, 6) is 0.579. The van der Waals surface area contributed by atoms with Crippen molar-refractivity contribution >= 4 is 23.6 Å². The smallest absolute Gasteiger partial charge is 0.251 e. The van der Waals surface area contributed by atoms with Crippen molar-refractivity contribution in [1.29, 1.82) is 0 Å². The van der Waals surface area contributed by atoms with Crippen molar-refractivity contribution < 1.29 is 14.7 Å². The zero-order chi connectivity index (χ0) is 18.4. The van der Waals surface area contributed by atoms with Gasteiger partial charge in [-0.3, -0.25) is 14.3 Å². The minimum absolute atomic E-state index is 0.0229. The van der Waals surface area contributed by atoms with Gasteiger partial charge in [-0.2, -0.15) is 16.9 Å². The van der Waals surface area contributed by atoms with Gasteiger partial charge in [0.1, 0.15) is 6.10 Å². The molecule has 0 radical (unpaired) electrons. The number of hydrogen-bond acceptors (Lipinski definition) is 5. The number of fused-ring (bicyclic) bond motifs is 1. The monoisotopic (exact) mass is 368 g/mol. The van der Waals surface area contributed by atoms with Crippen molar-refractivity contribution in [3.63, 3.8) is 0 Å². The fraction of sp³-hybridized carbons (Fsp3) is 0.706. The lowest BCUT2D eigenvalue weighted by Crippen LogP contribution is -2.43. The number of hydrogen-bond donors (Lipinski definition) is 2. The van der Waals surface area contributed by atoms with Crippen molar-refractivity contribution in [2.24, 2.45) is 0 Å². The summed E-state index contributed by atoms with van der Waals surface area (Å²) in [6, 6.07) is 2.09. The summed E-state index contributed by atoms with van der Waals surface area (Å²) < 4.78 is 1.90. The number of nitrogens with zero attached hydrogens (tertiary/aromatic N) is 3. The third-order valence-electron chi connectivity index (χ3n) is 4.10. The Bertz CT molecular complexity index is 603. The normalized spacial score (nSPS) is 15.2. The largest absolute Gasteiger partial charge is 0.383 e. The molecule has 0 saturated carbocycles. The third kappa shape index (κ3) is 5.74. The molecule has 0 fully saturated rings. The van der Waals surface area contributed by atoms with Crippen LogP contribution < -0.4 is 5.32 Å². The maximum Gasteiger partial charge on any atom is 0.251 e. The molecule has 0 spiro atoms. The van der Waals surface area contributed by atoms with Crippen molar-refractivity contribution in [1.82, 2.24) is 20.0 Å². The number of amides is 2. The number of carbonyl (C=O) groups excluding carboxylic acids is 2. The summed E-state index contributed by atoms with van der Waals surface area (Å²) in [5, 5.41) is 17.4. The summed E-state index contributed by atoms with van der Waals surface area (Å²) in [6.45, 7) is 5.50. The lowest BCUT2D eigenvalue weighted by Gasteiger charge is -2.29. The number of aliphatic hydroxyl groups is 1. The highest BCUT2D eigenvalue weighted by Gasteiger charge is 2.26. The summed E-state index contributed by atoms with van der Waals surface area (Å²) in [6.07, 6.45) is 2.50. The first kappa shape index (κ1) is 19.8. The summed E-state index contributed by atoms with van der Waals surface area (Å²) in [7, 11) is 0. The number of nitrogens with one attached hydrogen (secondary N) is 1.